The van der Waals surface area contributed by atoms with Gasteiger partial charge in [0.25, 0.3) is 0 Å². The lowest BCUT2D eigenvalue weighted by Crippen LogP contribution is -1.94. The molecule has 0 atom stereocenters. The Labute approximate surface area is 218 Å². The van der Waals surface area contributed by atoms with Gasteiger partial charge in [0.05, 0.1) is 0 Å². The van der Waals surface area contributed by atoms with Crippen LogP contribution >= 0.6 is 0 Å². The van der Waals surface area contributed by atoms with E-state index in [4.69, 9.17) is 0 Å². The third-order valence-electron chi connectivity index (χ3n) is 9.09. The molecular formula is C38H20. The third-order valence-corrected chi connectivity index (χ3v) is 9.09. The van der Waals surface area contributed by atoms with Crippen molar-refractivity contribution in [2.75, 3.05) is 0 Å². The van der Waals surface area contributed by atoms with E-state index in [0.29, 0.717) is 0 Å². The molecule has 10 aromatic rings. The summed E-state index contributed by atoms with van der Waals surface area (Å²) in [6, 6.07) is 45.5. The van der Waals surface area contributed by atoms with Crippen molar-refractivity contribution in [2.24, 2.45) is 0 Å². The van der Waals surface area contributed by atoms with Crippen LogP contribution in [0.4, 0.5) is 0 Å². The molecule has 0 amide bonds. The highest BCUT2D eigenvalue weighted by molar-refractivity contribution is 6.52. The first kappa shape index (κ1) is 19.2. The molecule has 0 radical (unpaired) electrons. The van der Waals surface area contributed by atoms with Crippen LogP contribution in [0.15, 0.2) is 121 Å². The van der Waals surface area contributed by atoms with Crippen molar-refractivity contribution in [3.05, 3.63) is 121 Å². The second kappa shape index (κ2) is 6.49. The lowest BCUT2D eigenvalue weighted by atomic mass is 9.79. The Morgan fingerprint density at radius 3 is 1.13 bits per heavy atom. The van der Waals surface area contributed by atoms with Gasteiger partial charge >= 0.3 is 0 Å². The monoisotopic (exact) mass is 476 g/mol. The average Bonchev–Trinajstić information content (AvgIpc) is 2.99. The van der Waals surface area contributed by atoms with Crippen LogP contribution in [0.2, 0.25) is 0 Å². The minimum Gasteiger partial charge on any atom is -0.0616 e. The Hall–Kier alpha value is -4.94. The van der Waals surface area contributed by atoms with Crippen LogP contribution in [0.5, 0.6) is 0 Å². The fourth-order valence-electron chi connectivity index (χ4n) is 7.73. The van der Waals surface area contributed by atoms with Crippen LogP contribution in [0, 0.1) is 0 Å². The molecule has 0 aliphatic heterocycles. The van der Waals surface area contributed by atoms with Crippen molar-refractivity contribution >= 4 is 97.0 Å². The van der Waals surface area contributed by atoms with E-state index in [-0.39, 0.29) is 0 Å². The van der Waals surface area contributed by atoms with Crippen LogP contribution in [0.3, 0.4) is 0 Å². The maximum atomic E-state index is 2.39. The van der Waals surface area contributed by atoms with Crippen molar-refractivity contribution in [3.63, 3.8) is 0 Å². The number of rotatable bonds is 0. The molecule has 0 unspecified atom stereocenters. The van der Waals surface area contributed by atoms with E-state index in [2.05, 4.69) is 121 Å². The highest BCUT2D eigenvalue weighted by atomic mass is 14.3. The second-order valence-electron chi connectivity index (χ2n) is 10.8. The van der Waals surface area contributed by atoms with Gasteiger partial charge in [-0.15, -0.1) is 0 Å². The number of fused-ring (bicyclic) bond motifs is 11. The quantitative estimate of drug-likeness (QED) is 0.151. The molecule has 172 valence electrons. The molecule has 0 N–H and O–H groups in total. The zero-order valence-corrected chi connectivity index (χ0v) is 20.5. The Bertz CT molecular complexity index is 2560. The minimum atomic E-state index is 1.31. The van der Waals surface area contributed by atoms with Gasteiger partial charge in [0, 0.05) is 0 Å². The predicted octanol–water partition coefficient (Wildman–Crippen LogP) is 10.9. The zero-order valence-electron chi connectivity index (χ0n) is 20.5. The summed E-state index contributed by atoms with van der Waals surface area (Å²) in [6.07, 6.45) is 0. The van der Waals surface area contributed by atoms with Gasteiger partial charge in [0.1, 0.15) is 0 Å². The Morgan fingerprint density at radius 2 is 0.553 bits per heavy atom. The first-order valence-electron chi connectivity index (χ1n) is 13.4. The van der Waals surface area contributed by atoms with Gasteiger partial charge in [0.15, 0.2) is 0 Å². The first-order chi connectivity index (χ1) is 18.9. The first-order valence-corrected chi connectivity index (χ1v) is 13.4. The Morgan fingerprint density at radius 1 is 0.184 bits per heavy atom. The highest BCUT2D eigenvalue weighted by Gasteiger charge is 2.24. The summed E-state index contributed by atoms with van der Waals surface area (Å²) in [4.78, 5) is 0. The number of hydrogen-bond donors (Lipinski definition) is 0. The molecule has 0 aromatic heterocycles. The van der Waals surface area contributed by atoms with Crippen LogP contribution in [-0.4, -0.2) is 0 Å². The van der Waals surface area contributed by atoms with Gasteiger partial charge in [-0.1, -0.05) is 121 Å². The summed E-state index contributed by atoms with van der Waals surface area (Å²) >= 11 is 0. The predicted molar refractivity (Wildman–Crippen MR) is 166 cm³/mol. The third kappa shape index (κ3) is 2.05. The molecule has 0 aliphatic carbocycles. The van der Waals surface area contributed by atoms with Gasteiger partial charge in [-0.3, -0.25) is 0 Å². The van der Waals surface area contributed by atoms with E-state index < -0.39 is 0 Å². The molecule has 0 nitrogen and oxygen atoms in total. The molecule has 0 saturated heterocycles. The van der Waals surface area contributed by atoms with Gasteiger partial charge in [-0.25, -0.2) is 0 Å². The molecule has 0 heteroatoms. The number of hydrogen-bond acceptors (Lipinski definition) is 0. The van der Waals surface area contributed by atoms with E-state index in [9.17, 15) is 0 Å². The Kier molecular flexibility index (Phi) is 3.28. The number of benzene rings is 10. The van der Waals surface area contributed by atoms with Gasteiger partial charge in [-0.05, 0) is 97.0 Å². The summed E-state index contributed by atoms with van der Waals surface area (Å²) in [5, 5.41) is 24.5. The molecule has 0 saturated carbocycles. The molecule has 0 spiro atoms. The van der Waals surface area contributed by atoms with E-state index in [1.54, 1.807) is 0 Å². The lowest BCUT2D eigenvalue weighted by molar-refractivity contribution is 1.79. The minimum absolute atomic E-state index is 1.31. The average molecular weight is 477 g/mol. The smallest absolute Gasteiger partial charge is 0.000115 e. The molecule has 10 aromatic carbocycles. The van der Waals surface area contributed by atoms with Crippen LogP contribution in [-0.2, 0) is 0 Å². The van der Waals surface area contributed by atoms with Crippen molar-refractivity contribution in [2.45, 2.75) is 0 Å². The fraction of sp³-hybridized carbons (Fsp3) is 0. The van der Waals surface area contributed by atoms with Crippen molar-refractivity contribution < 1.29 is 0 Å². The molecule has 10 rings (SSSR count). The standard InChI is InChI=1S/C38H20/c1-4-13-26-23(11-1)27-17-8-18-28-24-12-3-6-15-30(24)36-35-29-14-5-2-10-22(29)25-16-7-9-21-19-20-31(37(35)32(21)25)34(26)38(36)33(27)28/h1-20H. The highest BCUT2D eigenvalue weighted by Crippen LogP contribution is 2.53. The van der Waals surface area contributed by atoms with E-state index >= 15 is 0 Å². The molecule has 0 fully saturated rings. The van der Waals surface area contributed by atoms with Crippen LogP contribution in [0.25, 0.3) is 97.0 Å². The molecule has 38 heavy (non-hydrogen) atoms. The Balaban J connectivity index is 1.76. The van der Waals surface area contributed by atoms with Gasteiger partial charge in [0.2, 0.25) is 0 Å². The van der Waals surface area contributed by atoms with Crippen molar-refractivity contribution in [1.29, 1.82) is 0 Å². The molecule has 0 aliphatic rings. The summed E-state index contributed by atoms with van der Waals surface area (Å²) in [5.74, 6) is 0. The summed E-state index contributed by atoms with van der Waals surface area (Å²) in [7, 11) is 0. The van der Waals surface area contributed by atoms with E-state index in [1.807, 2.05) is 0 Å². The molecule has 0 heterocycles. The van der Waals surface area contributed by atoms with Crippen LogP contribution in [0.1, 0.15) is 0 Å². The SMILES string of the molecule is c1ccc2c(c1)c1cccc3c4ccccc4c4c5c6ccccc6c6cccc7ccc(c2c4c13)c5c76. The molecular weight excluding hydrogens is 456 g/mol. The zero-order chi connectivity index (χ0) is 24.5. The van der Waals surface area contributed by atoms with E-state index in [1.165, 1.54) is 97.0 Å². The maximum absolute atomic E-state index is 2.39. The summed E-state index contributed by atoms with van der Waals surface area (Å²) < 4.78 is 0. The summed E-state index contributed by atoms with van der Waals surface area (Å²) in [5.41, 5.74) is 0. The normalized spacial score (nSPS) is 12.7. The van der Waals surface area contributed by atoms with Crippen molar-refractivity contribution in [3.8, 4) is 0 Å². The lowest BCUT2D eigenvalue weighted by Gasteiger charge is -2.23. The second-order valence-corrected chi connectivity index (χ2v) is 10.8. The van der Waals surface area contributed by atoms with E-state index in [0.717, 1.165) is 0 Å². The van der Waals surface area contributed by atoms with Crippen LogP contribution < -0.4 is 0 Å². The maximum Gasteiger partial charge on any atom is -0.000115 e. The largest absolute Gasteiger partial charge is 0.0616 e. The molecule has 0 bridgehead atoms. The summed E-state index contributed by atoms with van der Waals surface area (Å²) in [6.45, 7) is 0. The fourth-order valence-corrected chi connectivity index (χ4v) is 7.73. The van der Waals surface area contributed by atoms with Gasteiger partial charge < -0.3 is 0 Å². The van der Waals surface area contributed by atoms with Crippen molar-refractivity contribution in [1.82, 2.24) is 0 Å². The van der Waals surface area contributed by atoms with Gasteiger partial charge in [-0.2, -0.15) is 0 Å². The topological polar surface area (TPSA) is 0 Å².